The predicted octanol–water partition coefficient (Wildman–Crippen LogP) is 5.40. The van der Waals surface area contributed by atoms with Crippen LogP contribution in [0, 0.1) is 25.2 Å². The fourth-order valence-electron chi connectivity index (χ4n) is 8.40. The second kappa shape index (κ2) is 13.0. The molecule has 4 bridgehead atoms. The number of ether oxygens (including phenoxy) is 2. The minimum atomic E-state index is -4.26. The average Bonchev–Trinajstić information content (AvgIpc) is 3.72. The highest BCUT2D eigenvalue weighted by Gasteiger charge is 2.64. The van der Waals surface area contributed by atoms with Crippen molar-refractivity contribution >= 4 is 10.0 Å². The SMILES string of the molecule is Cc1cccc(C)c1C1CC2NC(N1)NS(=O)(=O)C1CCCC(C1)CN(C1CC(OC(C)C)C1)[C@H](CC1(C(F)(F)F)CC1)CO2. The molecular weight excluding hydrogens is 605 g/mol. The highest BCUT2D eigenvalue weighted by Crippen LogP contribution is 2.61. The first kappa shape index (κ1) is 33.6. The Balaban J connectivity index is 1.33. The molecule has 0 amide bonds. The van der Waals surface area contributed by atoms with Gasteiger partial charge in [-0.3, -0.25) is 15.5 Å². The number of hydrogen-bond acceptors (Lipinski definition) is 7. The second-order valence-corrected chi connectivity index (χ2v) is 16.8. The number of halogens is 3. The van der Waals surface area contributed by atoms with Crippen LogP contribution in [0.15, 0.2) is 18.2 Å². The lowest BCUT2D eigenvalue weighted by molar-refractivity contribution is -0.197. The number of hydrogen-bond donors (Lipinski definition) is 3. The summed E-state index contributed by atoms with van der Waals surface area (Å²) < 4.78 is 86.4. The number of fused-ring (bicyclic) bond motifs is 4. The summed E-state index contributed by atoms with van der Waals surface area (Å²) in [5, 5.41) is 6.22. The van der Waals surface area contributed by atoms with E-state index < -0.39 is 45.4 Å². The minimum Gasteiger partial charge on any atom is -0.375 e. The van der Waals surface area contributed by atoms with Crippen molar-refractivity contribution in [3.63, 3.8) is 0 Å². The molecule has 2 saturated heterocycles. The molecule has 6 atom stereocenters. The van der Waals surface area contributed by atoms with E-state index in [1.165, 1.54) is 0 Å². The van der Waals surface area contributed by atoms with Crippen molar-refractivity contribution in [2.24, 2.45) is 11.3 Å². The molecule has 2 heterocycles. The Bertz CT molecular complexity index is 1280. The molecule has 3 saturated carbocycles. The van der Waals surface area contributed by atoms with Crippen molar-refractivity contribution in [2.45, 2.75) is 146 Å². The smallest absolute Gasteiger partial charge is 0.375 e. The maximum Gasteiger partial charge on any atom is 0.394 e. The first-order valence-corrected chi connectivity index (χ1v) is 18.5. The zero-order valence-corrected chi connectivity index (χ0v) is 27.9. The molecule has 5 fully saturated rings. The van der Waals surface area contributed by atoms with Gasteiger partial charge in [0.2, 0.25) is 10.0 Å². The fourth-order valence-corrected chi connectivity index (χ4v) is 10.1. The Labute approximate surface area is 266 Å². The highest BCUT2D eigenvalue weighted by atomic mass is 32.2. The summed E-state index contributed by atoms with van der Waals surface area (Å²) in [5.41, 5.74) is 1.61. The monoisotopic (exact) mass is 656 g/mol. The van der Waals surface area contributed by atoms with Crippen LogP contribution in [-0.4, -0.2) is 74.7 Å². The van der Waals surface area contributed by atoms with E-state index >= 15 is 0 Å². The van der Waals surface area contributed by atoms with Gasteiger partial charge in [0.1, 0.15) is 12.5 Å². The molecule has 6 rings (SSSR count). The normalized spacial score (nSPS) is 37.2. The van der Waals surface area contributed by atoms with Crippen LogP contribution >= 0.6 is 0 Å². The maximum atomic E-state index is 14.4. The summed E-state index contributed by atoms with van der Waals surface area (Å²) >= 11 is 0. The first-order chi connectivity index (χ1) is 21.2. The van der Waals surface area contributed by atoms with Crippen LogP contribution < -0.4 is 15.4 Å². The molecule has 0 aromatic heterocycles. The van der Waals surface area contributed by atoms with Gasteiger partial charge in [0, 0.05) is 31.1 Å². The summed E-state index contributed by atoms with van der Waals surface area (Å²) in [7, 11) is -3.69. The molecule has 1 aromatic carbocycles. The molecule has 5 unspecified atom stereocenters. The van der Waals surface area contributed by atoms with Crippen LogP contribution in [0.2, 0.25) is 0 Å². The van der Waals surface area contributed by atoms with Crippen LogP contribution in [0.1, 0.15) is 101 Å². The van der Waals surface area contributed by atoms with Crippen LogP contribution in [-0.2, 0) is 19.5 Å². The third-order valence-corrected chi connectivity index (χ3v) is 12.9. The number of sulfonamides is 1. The van der Waals surface area contributed by atoms with Gasteiger partial charge in [-0.2, -0.15) is 17.9 Å². The van der Waals surface area contributed by atoms with E-state index in [9.17, 15) is 21.6 Å². The Kier molecular flexibility index (Phi) is 9.69. The van der Waals surface area contributed by atoms with Gasteiger partial charge in [-0.25, -0.2) is 8.42 Å². The van der Waals surface area contributed by atoms with Crippen molar-refractivity contribution in [3.8, 4) is 0 Å². The molecule has 1 aromatic rings. The van der Waals surface area contributed by atoms with Gasteiger partial charge in [-0.15, -0.1) is 0 Å². The Hall–Kier alpha value is -1.28. The van der Waals surface area contributed by atoms with Gasteiger partial charge in [-0.1, -0.05) is 24.6 Å². The maximum absolute atomic E-state index is 14.4. The molecule has 2 aliphatic heterocycles. The Morgan fingerprint density at radius 1 is 1.07 bits per heavy atom. The van der Waals surface area contributed by atoms with Crippen LogP contribution in [0.5, 0.6) is 0 Å². The number of aryl methyl sites for hydroxylation is 2. The molecule has 3 aliphatic carbocycles. The average molecular weight is 657 g/mol. The standard InChI is InChI=1S/C33H51F3N4O4S/c1-20(2)44-26-14-24(15-26)40-18-23-9-6-10-27(13-23)45(41,42)39-31-37-28(30-21(3)7-5-8-22(30)4)16-29(38-31)43-19-25(40)17-32(11-12-32)33(34,35)36/h5,7-8,20,23-29,31,37-39H,6,9-19H2,1-4H3/t23?,24?,25-,26?,27?,28?,29?,31?/m1/s1. The van der Waals surface area contributed by atoms with Crippen LogP contribution in [0.3, 0.4) is 0 Å². The van der Waals surface area contributed by atoms with E-state index in [0.717, 1.165) is 42.4 Å². The second-order valence-electron chi connectivity index (χ2n) is 14.8. The minimum absolute atomic E-state index is 0.00410. The number of alkyl halides is 3. The fraction of sp³-hybridized carbons (Fsp3) is 0.818. The van der Waals surface area contributed by atoms with Gasteiger partial charge in [-0.05, 0) is 102 Å². The molecule has 0 radical (unpaired) electrons. The first-order valence-electron chi connectivity index (χ1n) is 16.9. The number of rotatable bonds is 6. The van der Waals surface area contributed by atoms with E-state index in [-0.39, 0.29) is 56.1 Å². The lowest BCUT2D eigenvalue weighted by Crippen LogP contribution is -2.64. The Morgan fingerprint density at radius 2 is 1.78 bits per heavy atom. The third kappa shape index (κ3) is 7.42. The zero-order chi connectivity index (χ0) is 32.1. The lowest BCUT2D eigenvalue weighted by atomic mass is 9.82. The van der Waals surface area contributed by atoms with Crippen molar-refractivity contribution < 1.29 is 31.1 Å². The predicted molar refractivity (Wildman–Crippen MR) is 167 cm³/mol. The quantitative estimate of drug-likeness (QED) is 0.378. The van der Waals surface area contributed by atoms with E-state index in [4.69, 9.17) is 9.47 Å². The summed E-state index contributed by atoms with van der Waals surface area (Å²) in [6, 6.07) is 5.54. The highest BCUT2D eigenvalue weighted by molar-refractivity contribution is 7.90. The van der Waals surface area contributed by atoms with Crippen LogP contribution in [0.4, 0.5) is 13.2 Å². The molecule has 8 nitrogen and oxygen atoms in total. The lowest BCUT2D eigenvalue weighted by Gasteiger charge is -2.49. The molecule has 5 aliphatic rings. The number of nitrogens with one attached hydrogen (secondary N) is 3. The van der Waals surface area contributed by atoms with E-state index in [1.54, 1.807) is 0 Å². The van der Waals surface area contributed by atoms with Crippen molar-refractivity contribution in [1.29, 1.82) is 0 Å². The van der Waals surface area contributed by atoms with Crippen molar-refractivity contribution in [1.82, 2.24) is 20.3 Å². The molecular formula is C33H51F3N4O4S. The van der Waals surface area contributed by atoms with Gasteiger partial charge in [0.25, 0.3) is 0 Å². The van der Waals surface area contributed by atoms with E-state index in [1.807, 2.05) is 45.9 Å². The van der Waals surface area contributed by atoms with Crippen LogP contribution in [0.25, 0.3) is 0 Å². The third-order valence-electron chi connectivity index (χ3n) is 11.0. The summed E-state index contributed by atoms with van der Waals surface area (Å²) in [5.74, 6) is 0.0809. The molecule has 254 valence electrons. The molecule has 12 heteroatoms. The van der Waals surface area contributed by atoms with Gasteiger partial charge < -0.3 is 9.47 Å². The molecule has 45 heavy (non-hydrogen) atoms. The summed E-state index contributed by atoms with van der Waals surface area (Å²) in [4.78, 5) is 2.28. The van der Waals surface area contributed by atoms with Gasteiger partial charge in [0.05, 0.1) is 29.5 Å². The van der Waals surface area contributed by atoms with E-state index in [0.29, 0.717) is 25.8 Å². The van der Waals surface area contributed by atoms with Gasteiger partial charge >= 0.3 is 6.18 Å². The topological polar surface area (TPSA) is 91.9 Å². The Morgan fingerprint density at radius 3 is 2.42 bits per heavy atom. The van der Waals surface area contributed by atoms with Crippen molar-refractivity contribution in [2.75, 3.05) is 13.2 Å². The number of nitrogens with zero attached hydrogens (tertiary/aromatic N) is 1. The number of benzene rings is 1. The summed E-state index contributed by atoms with van der Waals surface area (Å²) in [6.45, 7) is 8.83. The van der Waals surface area contributed by atoms with Gasteiger partial charge in [0.15, 0.2) is 0 Å². The largest absolute Gasteiger partial charge is 0.394 e. The summed E-state index contributed by atoms with van der Waals surface area (Å²) in [6.07, 6.45) is -0.307. The van der Waals surface area contributed by atoms with Crippen molar-refractivity contribution in [3.05, 3.63) is 34.9 Å². The molecule has 0 spiro atoms. The molecule has 3 N–H and O–H groups in total. The zero-order valence-electron chi connectivity index (χ0n) is 27.0. The van der Waals surface area contributed by atoms with E-state index in [2.05, 4.69) is 20.3 Å².